The summed E-state index contributed by atoms with van der Waals surface area (Å²) in [6, 6.07) is 7.57. The number of halogens is 3. The van der Waals surface area contributed by atoms with Crippen molar-refractivity contribution in [2.24, 2.45) is 0 Å². The van der Waals surface area contributed by atoms with Crippen LogP contribution >= 0.6 is 0 Å². The van der Waals surface area contributed by atoms with Crippen LogP contribution in [0.15, 0.2) is 42.5 Å². The molecule has 1 N–H and O–H groups in total. The molecule has 0 saturated carbocycles. The molecule has 0 radical (unpaired) electrons. The molecule has 2 rings (SSSR count). The van der Waals surface area contributed by atoms with Gasteiger partial charge >= 0.3 is 6.18 Å². The lowest BCUT2D eigenvalue weighted by Gasteiger charge is -2.09. The molecule has 2 aromatic carbocycles. The number of nitro groups is 1. The van der Waals surface area contributed by atoms with Crippen LogP contribution in [0.1, 0.15) is 21.5 Å². The summed E-state index contributed by atoms with van der Waals surface area (Å²) in [4.78, 5) is 22.1. The highest BCUT2D eigenvalue weighted by Crippen LogP contribution is 2.33. The van der Waals surface area contributed by atoms with E-state index in [0.29, 0.717) is 12.1 Å². The van der Waals surface area contributed by atoms with E-state index in [4.69, 9.17) is 0 Å². The van der Waals surface area contributed by atoms with E-state index in [1.165, 1.54) is 24.3 Å². The molecular formula is C15H10F3NO4. The largest absolute Gasteiger partial charge is 0.507 e. The highest BCUT2D eigenvalue weighted by atomic mass is 19.4. The maximum Gasteiger partial charge on any atom is 0.416 e. The molecule has 120 valence electrons. The number of nitrogens with zero attached hydrogens (tertiary/aromatic N) is 1. The monoisotopic (exact) mass is 325 g/mol. The molecule has 2 aromatic rings. The average Bonchev–Trinajstić information content (AvgIpc) is 2.46. The van der Waals surface area contributed by atoms with Crippen LogP contribution in [0.25, 0.3) is 0 Å². The molecule has 0 spiro atoms. The lowest BCUT2D eigenvalue weighted by molar-refractivity contribution is -0.385. The Balaban J connectivity index is 2.38. The third-order valence-electron chi connectivity index (χ3n) is 3.16. The second kappa shape index (κ2) is 6.07. The molecule has 0 heterocycles. The van der Waals surface area contributed by atoms with Gasteiger partial charge in [0.25, 0.3) is 5.69 Å². The summed E-state index contributed by atoms with van der Waals surface area (Å²) in [6.07, 6.45) is -5.21. The van der Waals surface area contributed by atoms with E-state index in [1.54, 1.807) is 0 Å². The maximum atomic E-state index is 12.6. The molecule has 23 heavy (non-hydrogen) atoms. The molecule has 5 nitrogen and oxygen atoms in total. The summed E-state index contributed by atoms with van der Waals surface area (Å²) in [5.41, 5.74) is -2.16. The van der Waals surface area contributed by atoms with Crippen LogP contribution < -0.4 is 0 Å². The first-order chi connectivity index (χ1) is 10.7. The van der Waals surface area contributed by atoms with Crippen molar-refractivity contribution >= 4 is 11.5 Å². The lowest BCUT2D eigenvalue weighted by Crippen LogP contribution is -2.09. The number of hydrogen-bond acceptors (Lipinski definition) is 4. The minimum absolute atomic E-state index is 0.0540. The first-order valence-corrected chi connectivity index (χ1v) is 6.36. The molecule has 0 aliphatic rings. The predicted octanol–water partition coefficient (Wildman–Crippen LogP) is 3.74. The number of hydrogen-bond donors (Lipinski definition) is 1. The Kier molecular flexibility index (Phi) is 4.35. The second-order valence-corrected chi connectivity index (χ2v) is 4.72. The topological polar surface area (TPSA) is 80.4 Å². The normalized spacial score (nSPS) is 11.3. The first kappa shape index (κ1) is 16.5. The zero-order valence-corrected chi connectivity index (χ0v) is 11.5. The Morgan fingerprint density at radius 3 is 2.39 bits per heavy atom. The van der Waals surface area contributed by atoms with Gasteiger partial charge in [-0.25, -0.2) is 0 Å². The molecule has 0 atom stereocenters. The number of benzene rings is 2. The van der Waals surface area contributed by atoms with Crippen LogP contribution in [0.2, 0.25) is 0 Å². The lowest BCUT2D eigenvalue weighted by atomic mass is 9.99. The molecule has 0 fully saturated rings. The van der Waals surface area contributed by atoms with E-state index >= 15 is 0 Å². The van der Waals surface area contributed by atoms with E-state index in [9.17, 15) is 33.2 Å². The van der Waals surface area contributed by atoms with Crippen LogP contribution in [-0.4, -0.2) is 15.8 Å². The maximum absolute atomic E-state index is 12.6. The van der Waals surface area contributed by atoms with Gasteiger partial charge in [-0.1, -0.05) is 18.2 Å². The number of phenols is 1. The van der Waals surface area contributed by atoms with Gasteiger partial charge in [-0.3, -0.25) is 14.9 Å². The number of rotatable bonds is 4. The van der Waals surface area contributed by atoms with Crippen LogP contribution in [0.3, 0.4) is 0 Å². The molecule has 0 bridgehead atoms. The van der Waals surface area contributed by atoms with E-state index in [2.05, 4.69) is 0 Å². The van der Waals surface area contributed by atoms with Crippen molar-refractivity contribution in [2.45, 2.75) is 12.6 Å². The van der Waals surface area contributed by atoms with E-state index in [-0.39, 0.29) is 16.9 Å². The third kappa shape index (κ3) is 3.65. The quantitative estimate of drug-likeness (QED) is 0.527. The summed E-state index contributed by atoms with van der Waals surface area (Å²) >= 11 is 0. The summed E-state index contributed by atoms with van der Waals surface area (Å²) in [5.74, 6) is -0.932. The van der Waals surface area contributed by atoms with E-state index in [1.807, 2.05) is 0 Å². The average molecular weight is 325 g/mol. The highest BCUT2D eigenvalue weighted by Gasteiger charge is 2.33. The van der Waals surface area contributed by atoms with Gasteiger partial charge in [-0.05, 0) is 18.2 Å². The van der Waals surface area contributed by atoms with Crippen molar-refractivity contribution in [2.75, 3.05) is 0 Å². The minimum atomic E-state index is -4.72. The molecule has 0 aromatic heterocycles. The number of aromatic hydroxyl groups is 1. The number of carbonyl (C=O) groups is 1. The molecule has 0 aliphatic heterocycles. The number of carbonyl (C=O) groups excluding carboxylic acids is 1. The molecule has 0 aliphatic carbocycles. The standard InChI is InChI=1S/C15H10F3NO4/c16-15(17,18)10-6-5-9(12(8-10)19(22)23)7-14(21)11-3-1-2-4-13(11)20/h1-6,8,20H,7H2. The minimum Gasteiger partial charge on any atom is -0.507 e. The van der Waals surface area contributed by atoms with Crippen LogP contribution in [0.5, 0.6) is 5.75 Å². The SMILES string of the molecule is O=C(Cc1ccc(C(F)(F)F)cc1[N+](=O)[O-])c1ccccc1O. The smallest absolute Gasteiger partial charge is 0.416 e. The first-order valence-electron chi connectivity index (χ1n) is 6.36. The molecular weight excluding hydrogens is 315 g/mol. The number of phenolic OH excluding ortho intramolecular Hbond substituents is 1. The van der Waals surface area contributed by atoms with Gasteiger partial charge in [0.2, 0.25) is 0 Å². The van der Waals surface area contributed by atoms with E-state index in [0.717, 1.165) is 6.07 Å². The Labute approximate surface area is 128 Å². The number of nitro benzene ring substituents is 1. The predicted molar refractivity (Wildman–Crippen MR) is 74.2 cm³/mol. The fourth-order valence-electron chi connectivity index (χ4n) is 2.04. The molecule has 0 saturated heterocycles. The number of para-hydroxylation sites is 1. The third-order valence-corrected chi connectivity index (χ3v) is 3.16. The summed E-state index contributed by atoms with van der Waals surface area (Å²) < 4.78 is 37.9. The summed E-state index contributed by atoms with van der Waals surface area (Å²) in [7, 11) is 0. The van der Waals surface area contributed by atoms with Gasteiger partial charge in [0.1, 0.15) is 5.75 Å². The molecule has 0 amide bonds. The van der Waals surface area contributed by atoms with Gasteiger partial charge in [-0.2, -0.15) is 13.2 Å². The van der Waals surface area contributed by atoms with Crippen LogP contribution in [-0.2, 0) is 12.6 Å². The van der Waals surface area contributed by atoms with Crippen molar-refractivity contribution in [1.82, 2.24) is 0 Å². The van der Waals surface area contributed by atoms with Crippen molar-refractivity contribution < 1.29 is 28.0 Å². The van der Waals surface area contributed by atoms with Crippen molar-refractivity contribution in [3.8, 4) is 5.75 Å². The molecule has 8 heteroatoms. The fraction of sp³-hybridized carbons (Fsp3) is 0.133. The van der Waals surface area contributed by atoms with Crippen molar-refractivity contribution in [1.29, 1.82) is 0 Å². The zero-order valence-electron chi connectivity index (χ0n) is 11.5. The van der Waals surface area contributed by atoms with Crippen LogP contribution in [0, 0.1) is 10.1 Å². The molecule has 0 unspecified atom stereocenters. The Morgan fingerprint density at radius 1 is 1.17 bits per heavy atom. The second-order valence-electron chi connectivity index (χ2n) is 4.72. The Morgan fingerprint density at radius 2 is 1.83 bits per heavy atom. The zero-order chi connectivity index (χ0) is 17.2. The van der Waals surface area contributed by atoms with Gasteiger partial charge in [0.05, 0.1) is 16.1 Å². The van der Waals surface area contributed by atoms with E-state index < -0.39 is 34.6 Å². The highest BCUT2D eigenvalue weighted by molar-refractivity contribution is 6.00. The number of ketones is 1. The summed E-state index contributed by atoms with van der Waals surface area (Å²) in [6.45, 7) is 0. The van der Waals surface area contributed by atoms with Gasteiger partial charge in [-0.15, -0.1) is 0 Å². The van der Waals surface area contributed by atoms with Crippen LogP contribution in [0.4, 0.5) is 18.9 Å². The van der Waals surface area contributed by atoms with Gasteiger partial charge in [0, 0.05) is 18.1 Å². The van der Waals surface area contributed by atoms with Crippen molar-refractivity contribution in [3.05, 3.63) is 69.3 Å². The van der Waals surface area contributed by atoms with Gasteiger partial charge in [0.15, 0.2) is 5.78 Å². The number of alkyl halides is 3. The summed E-state index contributed by atoms with van der Waals surface area (Å²) in [5, 5.41) is 20.5. The Bertz CT molecular complexity index is 772. The number of Topliss-reactive ketones (excluding diaryl/α,β-unsaturated/α-hetero) is 1. The van der Waals surface area contributed by atoms with Crippen molar-refractivity contribution in [3.63, 3.8) is 0 Å². The van der Waals surface area contributed by atoms with Gasteiger partial charge < -0.3 is 5.11 Å². The Hall–Kier alpha value is -2.90. The fourth-order valence-corrected chi connectivity index (χ4v) is 2.04.